The summed E-state index contributed by atoms with van der Waals surface area (Å²) in [5.41, 5.74) is 2.74. The highest BCUT2D eigenvalue weighted by molar-refractivity contribution is 5.99. The van der Waals surface area contributed by atoms with Gasteiger partial charge in [-0.1, -0.05) is 31.7 Å². The summed E-state index contributed by atoms with van der Waals surface area (Å²) in [5.74, 6) is 0.658. The lowest BCUT2D eigenvalue weighted by Gasteiger charge is -2.15. The number of nitrogens with zero attached hydrogens (tertiary/aromatic N) is 3. The molecule has 0 fully saturated rings. The molecule has 0 spiro atoms. The van der Waals surface area contributed by atoms with Gasteiger partial charge in [0.1, 0.15) is 12.0 Å². The number of anilines is 5. The molecule has 32 heavy (non-hydrogen) atoms. The Kier molecular flexibility index (Phi) is 7.47. The van der Waals surface area contributed by atoms with Gasteiger partial charge in [-0.3, -0.25) is 4.79 Å². The minimum Gasteiger partial charge on any atom is -0.495 e. The molecular weight excluding hydrogens is 408 g/mol. The molecule has 3 rings (SSSR count). The van der Waals surface area contributed by atoms with Crippen LogP contribution in [0.2, 0.25) is 0 Å². The fourth-order valence-corrected chi connectivity index (χ4v) is 3.08. The van der Waals surface area contributed by atoms with Crippen LogP contribution in [0, 0.1) is 0 Å². The van der Waals surface area contributed by atoms with Crippen molar-refractivity contribution in [1.82, 2.24) is 15.2 Å². The molecule has 0 aliphatic rings. The Labute approximate surface area is 185 Å². The summed E-state index contributed by atoms with van der Waals surface area (Å²) >= 11 is 0. The number of para-hydroxylation sites is 1. The third-order valence-corrected chi connectivity index (χ3v) is 4.68. The molecule has 3 aromatic rings. The Bertz CT molecular complexity index is 1120. The van der Waals surface area contributed by atoms with Crippen LogP contribution in [0.15, 0.2) is 61.3 Å². The van der Waals surface area contributed by atoms with Gasteiger partial charge in [-0.05, 0) is 42.3 Å². The Hall–Kier alpha value is -4.27. The molecule has 1 amide bonds. The van der Waals surface area contributed by atoms with E-state index in [1.54, 1.807) is 18.2 Å². The minimum atomic E-state index is -0.329. The highest BCUT2D eigenvalue weighted by Crippen LogP contribution is 2.31. The van der Waals surface area contributed by atoms with E-state index in [0.717, 1.165) is 17.5 Å². The first-order chi connectivity index (χ1) is 15.6. The molecule has 0 aliphatic heterocycles. The van der Waals surface area contributed by atoms with E-state index in [1.807, 2.05) is 31.2 Å². The van der Waals surface area contributed by atoms with Gasteiger partial charge in [0, 0.05) is 17.3 Å². The zero-order valence-corrected chi connectivity index (χ0v) is 17.8. The van der Waals surface area contributed by atoms with E-state index >= 15 is 0 Å². The van der Waals surface area contributed by atoms with Crippen molar-refractivity contribution < 1.29 is 14.3 Å². The lowest BCUT2D eigenvalue weighted by atomic mass is 9.96. The summed E-state index contributed by atoms with van der Waals surface area (Å²) in [4.78, 5) is 27.5. The van der Waals surface area contributed by atoms with Crippen LogP contribution in [0.25, 0.3) is 0 Å². The highest BCUT2D eigenvalue weighted by atomic mass is 16.5. The van der Waals surface area contributed by atoms with Crippen molar-refractivity contribution in [3.8, 4) is 5.75 Å². The Balaban J connectivity index is 1.85. The van der Waals surface area contributed by atoms with Crippen molar-refractivity contribution in [2.24, 2.45) is 0 Å². The largest absolute Gasteiger partial charge is 0.495 e. The average Bonchev–Trinajstić information content (AvgIpc) is 2.81. The zero-order valence-electron chi connectivity index (χ0n) is 17.8. The second-order valence-corrected chi connectivity index (χ2v) is 6.76. The molecule has 0 saturated heterocycles. The minimum absolute atomic E-state index is 0.219. The molecule has 1 atom stereocenters. The lowest BCUT2D eigenvalue weighted by molar-refractivity contribution is -0.112. The van der Waals surface area contributed by atoms with E-state index in [0.29, 0.717) is 29.4 Å². The van der Waals surface area contributed by atoms with Gasteiger partial charge in [0.15, 0.2) is 5.82 Å². The Morgan fingerprint density at radius 2 is 2.00 bits per heavy atom. The maximum atomic E-state index is 11.6. The summed E-state index contributed by atoms with van der Waals surface area (Å²) in [6.07, 6.45) is 4.30. The molecule has 0 radical (unpaired) electrons. The summed E-state index contributed by atoms with van der Waals surface area (Å²) in [6, 6.07) is 12.7. The number of ether oxygens (including phenoxy) is 1. The predicted octanol–water partition coefficient (Wildman–Crippen LogP) is 4.18. The van der Waals surface area contributed by atoms with E-state index < -0.39 is 0 Å². The molecule has 0 saturated carbocycles. The number of aldehydes is 1. The number of rotatable bonds is 10. The highest BCUT2D eigenvalue weighted by Gasteiger charge is 2.14. The lowest BCUT2D eigenvalue weighted by Crippen LogP contribution is -2.08. The molecule has 0 bridgehead atoms. The maximum Gasteiger partial charge on any atom is 0.249 e. The van der Waals surface area contributed by atoms with Gasteiger partial charge in [-0.25, -0.2) is 0 Å². The first-order valence-corrected chi connectivity index (χ1v) is 9.97. The van der Waals surface area contributed by atoms with Gasteiger partial charge >= 0.3 is 0 Å². The fourth-order valence-electron chi connectivity index (χ4n) is 3.08. The molecule has 0 aliphatic carbocycles. The van der Waals surface area contributed by atoms with Gasteiger partial charge in [-0.2, -0.15) is 10.1 Å². The number of methoxy groups -OCH3 is 1. The molecule has 9 heteroatoms. The summed E-state index contributed by atoms with van der Waals surface area (Å²) < 4.78 is 5.38. The maximum absolute atomic E-state index is 11.6. The molecule has 3 N–H and O–H groups in total. The normalized spacial score (nSPS) is 11.2. The number of nitrogens with one attached hydrogen (secondary N) is 3. The van der Waals surface area contributed by atoms with Crippen molar-refractivity contribution in [2.75, 3.05) is 23.1 Å². The monoisotopic (exact) mass is 432 g/mol. The van der Waals surface area contributed by atoms with Crippen LogP contribution in [0.1, 0.15) is 24.8 Å². The SMILES string of the molecule is C=CC(=O)Nc1ccc(OC)c(Nc2nncc(Nc3ccccc3C(C=O)CC)n2)c1. The Morgan fingerprint density at radius 1 is 1.19 bits per heavy atom. The summed E-state index contributed by atoms with van der Waals surface area (Å²) in [6.45, 7) is 5.41. The molecule has 2 aromatic carbocycles. The van der Waals surface area contributed by atoms with Crippen molar-refractivity contribution in [3.63, 3.8) is 0 Å². The van der Waals surface area contributed by atoms with Crippen molar-refractivity contribution in [2.45, 2.75) is 19.3 Å². The first kappa shape index (κ1) is 22.4. The summed E-state index contributed by atoms with van der Waals surface area (Å²) in [7, 11) is 1.54. The van der Waals surface area contributed by atoms with Crippen LogP contribution in [0.4, 0.5) is 28.8 Å². The molecule has 1 heterocycles. The topological polar surface area (TPSA) is 118 Å². The van der Waals surface area contributed by atoms with Crippen LogP contribution in [0.3, 0.4) is 0 Å². The summed E-state index contributed by atoms with van der Waals surface area (Å²) in [5, 5.41) is 17.0. The van der Waals surface area contributed by atoms with Gasteiger partial charge < -0.3 is 25.5 Å². The molecular formula is C23H24N6O3. The van der Waals surface area contributed by atoms with Gasteiger partial charge in [0.25, 0.3) is 0 Å². The number of amides is 1. The van der Waals surface area contributed by atoms with E-state index in [2.05, 4.69) is 37.7 Å². The standard InChI is InChI=1S/C23H24N6O3/c1-4-15(14-30)17-8-6-7-9-18(17)26-21-13-24-29-23(28-21)27-19-12-16(25-22(31)5-2)10-11-20(19)32-3/h5-15H,2,4H2,1,3H3,(H,25,31)(H2,26,27,28,29). The molecule has 1 unspecified atom stereocenters. The number of carbonyl (C=O) groups excluding carboxylic acids is 2. The van der Waals surface area contributed by atoms with E-state index in [9.17, 15) is 9.59 Å². The third kappa shape index (κ3) is 5.45. The number of carbonyl (C=O) groups is 2. The van der Waals surface area contributed by atoms with Gasteiger partial charge in [0.05, 0.1) is 19.0 Å². The van der Waals surface area contributed by atoms with Crippen LogP contribution < -0.4 is 20.7 Å². The first-order valence-electron chi connectivity index (χ1n) is 9.97. The van der Waals surface area contributed by atoms with Crippen molar-refractivity contribution in [1.29, 1.82) is 0 Å². The second kappa shape index (κ2) is 10.7. The average molecular weight is 432 g/mol. The van der Waals surface area contributed by atoms with E-state index in [-0.39, 0.29) is 17.8 Å². The number of hydrogen-bond donors (Lipinski definition) is 3. The van der Waals surface area contributed by atoms with E-state index in [4.69, 9.17) is 4.74 Å². The zero-order chi connectivity index (χ0) is 22.9. The third-order valence-electron chi connectivity index (χ3n) is 4.68. The Morgan fingerprint density at radius 3 is 2.72 bits per heavy atom. The smallest absolute Gasteiger partial charge is 0.249 e. The number of benzene rings is 2. The second-order valence-electron chi connectivity index (χ2n) is 6.76. The van der Waals surface area contributed by atoms with Crippen LogP contribution in [-0.4, -0.2) is 34.5 Å². The number of hydrogen-bond acceptors (Lipinski definition) is 8. The van der Waals surface area contributed by atoms with Crippen molar-refractivity contribution in [3.05, 3.63) is 66.9 Å². The van der Waals surface area contributed by atoms with Crippen LogP contribution >= 0.6 is 0 Å². The molecule has 1 aromatic heterocycles. The fraction of sp³-hybridized carbons (Fsp3) is 0.174. The van der Waals surface area contributed by atoms with Gasteiger partial charge in [0.2, 0.25) is 11.9 Å². The predicted molar refractivity (Wildman–Crippen MR) is 124 cm³/mol. The van der Waals surface area contributed by atoms with E-state index in [1.165, 1.54) is 19.4 Å². The van der Waals surface area contributed by atoms with Crippen LogP contribution in [-0.2, 0) is 9.59 Å². The van der Waals surface area contributed by atoms with Crippen molar-refractivity contribution >= 4 is 41.0 Å². The van der Waals surface area contributed by atoms with Gasteiger partial charge in [-0.15, -0.1) is 5.10 Å². The number of aromatic nitrogens is 3. The quantitative estimate of drug-likeness (QED) is 0.322. The van der Waals surface area contributed by atoms with Crippen LogP contribution in [0.5, 0.6) is 5.75 Å². The molecule has 9 nitrogen and oxygen atoms in total. The molecule has 164 valence electrons.